The molecule has 1 unspecified atom stereocenters. The van der Waals surface area contributed by atoms with Gasteiger partial charge in [0.25, 0.3) is 17.7 Å². The molecule has 1 atom stereocenters. The molecule has 232 valence electrons. The third-order valence-electron chi connectivity index (χ3n) is 6.77. The number of carbonyl (C=O) groups excluding carboxylic acids is 4. The fourth-order valence-corrected chi connectivity index (χ4v) is 5.96. The molecule has 0 fully saturated rings. The number of halogens is 1. The average molecular weight is 697 g/mol. The molecule has 4 aromatic rings. The van der Waals surface area contributed by atoms with Gasteiger partial charge in [0.15, 0.2) is 0 Å². The van der Waals surface area contributed by atoms with E-state index in [1.165, 1.54) is 16.8 Å². The summed E-state index contributed by atoms with van der Waals surface area (Å²) in [5.74, 6) is -1.13. The summed E-state index contributed by atoms with van der Waals surface area (Å²) in [7, 11) is 0. The number of anilines is 2. The van der Waals surface area contributed by atoms with Crippen molar-refractivity contribution in [2.45, 2.75) is 29.9 Å². The first-order chi connectivity index (χ1) is 22.3. The molecule has 4 aromatic carbocycles. The van der Waals surface area contributed by atoms with Crippen molar-refractivity contribution in [1.82, 2.24) is 10.6 Å². The summed E-state index contributed by atoms with van der Waals surface area (Å²) >= 11 is 4.78. The maximum Gasteiger partial charge on any atom is 0.272 e. The number of thioether (sulfide) groups is 1. The van der Waals surface area contributed by atoms with Gasteiger partial charge in [-0.05, 0) is 72.7 Å². The van der Waals surface area contributed by atoms with Crippen LogP contribution in [0.15, 0.2) is 129 Å². The van der Waals surface area contributed by atoms with Gasteiger partial charge in [0, 0.05) is 20.6 Å². The summed E-state index contributed by atoms with van der Waals surface area (Å²) in [5.41, 5.74) is 2.31. The fourth-order valence-electron chi connectivity index (χ4n) is 4.53. The Labute approximate surface area is 279 Å². The van der Waals surface area contributed by atoms with E-state index < -0.39 is 17.1 Å². The van der Waals surface area contributed by atoms with E-state index in [9.17, 15) is 19.2 Å². The lowest BCUT2D eigenvalue weighted by Gasteiger charge is -2.15. The molecule has 1 aliphatic rings. The fraction of sp³-hybridized carbons (Fsp3) is 0.114. The van der Waals surface area contributed by atoms with Gasteiger partial charge in [-0.1, -0.05) is 77.5 Å². The molecule has 0 saturated carbocycles. The lowest BCUT2D eigenvalue weighted by Crippen LogP contribution is -2.36. The normalized spacial score (nSPS) is 13.5. The van der Waals surface area contributed by atoms with E-state index in [2.05, 4.69) is 37.0 Å². The largest absolute Gasteiger partial charge is 0.321 e. The van der Waals surface area contributed by atoms with Crippen molar-refractivity contribution in [3.05, 3.63) is 130 Å². The van der Waals surface area contributed by atoms with Gasteiger partial charge in [0.2, 0.25) is 5.91 Å². The molecule has 0 spiro atoms. The summed E-state index contributed by atoms with van der Waals surface area (Å²) in [5, 5.41) is 13.5. The minimum absolute atomic E-state index is 0.000151. The molecule has 0 aromatic heterocycles. The highest BCUT2D eigenvalue weighted by Crippen LogP contribution is 2.28. The first-order valence-corrected chi connectivity index (χ1v) is 16.1. The van der Waals surface area contributed by atoms with E-state index in [0.717, 1.165) is 14.9 Å². The van der Waals surface area contributed by atoms with Crippen LogP contribution < -0.4 is 21.0 Å². The highest BCUT2D eigenvalue weighted by atomic mass is 79.9. The minimum atomic E-state index is -0.511. The van der Waals surface area contributed by atoms with E-state index in [4.69, 9.17) is 0 Å². The standard InChI is InChI=1S/C35H30BrN5O4S/c1-2-30(35(45)39-31-22-32(42)41(40-31)27-16-7-4-8-17-27)46-28-18-10-15-26(21-28)37-34(44)29(20-23-11-9-14-25(36)19-23)38-33(43)24-12-5-3-6-13-24/h3-21,30H,2,22H2,1H3,(H,37,44)(H,38,43)(H,39,40,45)/b29-20+. The van der Waals surface area contributed by atoms with Crippen molar-refractivity contribution in [1.29, 1.82) is 0 Å². The first-order valence-electron chi connectivity index (χ1n) is 14.5. The van der Waals surface area contributed by atoms with Crippen molar-refractivity contribution >= 4 is 74.6 Å². The maximum atomic E-state index is 13.5. The Balaban J connectivity index is 1.27. The summed E-state index contributed by atoms with van der Waals surface area (Å²) in [6, 6.07) is 32.2. The first kappa shape index (κ1) is 32.4. The molecule has 0 radical (unpaired) electrons. The van der Waals surface area contributed by atoms with Crippen molar-refractivity contribution < 1.29 is 19.2 Å². The lowest BCUT2D eigenvalue weighted by atomic mass is 10.1. The van der Waals surface area contributed by atoms with Crippen LogP contribution in [0.3, 0.4) is 0 Å². The van der Waals surface area contributed by atoms with Crippen LogP contribution in [0.1, 0.15) is 35.7 Å². The Morgan fingerprint density at radius 3 is 2.35 bits per heavy atom. The number of rotatable bonds is 10. The second kappa shape index (κ2) is 15.3. The van der Waals surface area contributed by atoms with Crippen molar-refractivity contribution in [2.24, 2.45) is 5.10 Å². The Morgan fingerprint density at radius 2 is 1.63 bits per heavy atom. The molecule has 4 amide bonds. The van der Waals surface area contributed by atoms with E-state index in [0.29, 0.717) is 29.2 Å². The smallest absolute Gasteiger partial charge is 0.272 e. The molecule has 9 nitrogen and oxygen atoms in total. The van der Waals surface area contributed by atoms with Crippen molar-refractivity contribution in [2.75, 3.05) is 10.3 Å². The molecular formula is C35H30BrN5O4S. The monoisotopic (exact) mass is 695 g/mol. The van der Waals surface area contributed by atoms with Gasteiger partial charge in [0.1, 0.15) is 11.5 Å². The van der Waals surface area contributed by atoms with Crippen LogP contribution in [0.25, 0.3) is 6.08 Å². The Kier molecular flexibility index (Phi) is 10.8. The Hall–Kier alpha value is -5.00. The van der Waals surface area contributed by atoms with E-state index in [1.54, 1.807) is 60.7 Å². The summed E-state index contributed by atoms with van der Waals surface area (Å²) in [6.45, 7) is 1.90. The second-order valence-corrected chi connectivity index (χ2v) is 12.4. The number of amidine groups is 1. The van der Waals surface area contributed by atoms with Crippen LogP contribution in [0, 0.1) is 0 Å². The number of para-hydroxylation sites is 1. The summed E-state index contributed by atoms with van der Waals surface area (Å²) in [4.78, 5) is 52.9. The van der Waals surface area contributed by atoms with Crippen LogP contribution in [0.4, 0.5) is 11.4 Å². The highest BCUT2D eigenvalue weighted by Gasteiger charge is 2.28. The number of nitrogens with one attached hydrogen (secondary N) is 3. The lowest BCUT2D eigenvalue weighted by molar-refractivity contribution is -0.119. The maximum absolute atomic E-state index is 13.5. The predicted octanol–water partition coefficient (Wildman–Crippen LogP) is 6.60. The van der Waals surface area contributed by atoms with E-state index >= 15 is 0 Å². The molecule has 1 heterocycles. The quantitative estimate of drug-likeness (QED) is 0.128. The van der Waals surface area contributed by atoms with Crippen molar-refractivity contribution in [3.8, 4) is 0 Å². The summed E-state index contributed by atoms with van der Waals surface area (Å²) in [6.07, 6.45) is 2.12. The topological polar surface area (TPSA) is 120 Å². The van der Waals surface area contributed by atoms with Gasteiger partial charge < -0.3 is 16.0 Å². The molecule has 11 heteroatoms. The SMILES string of the molecule is CCC(Sc1cccc(NC(=O)/C(=C\c2cccc(Br)c2)NC(=O)c2ccccc2)c1)C(=O)NC1=NN(c2ccccc2)C(=O)C1. The number of hydrogen-bond donors (Lipinski definition) is 3. The van der Waals surface area contributed by atoms with E-state index in [-0.39, 0.29) is 23.9 Å². The van der Waals surface area contributed by atoms with Gasteiger partial charge >= 0.3 is 0 Å². The zero-order valence-corrected chi connectivity index (χ0v) is 27.2. The van der Waals surface area contributed by atoms with Gasteiger partial charge in [0.05, 0.1) is 17.4 Å². The molecule has 0 aliphatic carbocycles. The minimum Gasteiger partial charge on any atom is -0.321 e. The summed E-state index contributed by atoms with van der Waals surface area (Å²) < 4.78 is 0.828. The van der Waals surface area contributed by atoms with Crippen LogP contribution >= 0.6 is 27.7 Å². The van der Waals surface area contributed by atoms with Crippen LogP contribution in [0.5, 0.6) is 0 Å². The molecule has 0 saturated heterocycles. The Morgan fingerprint density at radius 1 is 0.913 bits per heavy atom. The van der Waals surface area contributed by atoms with Gasteiger partial charge in [-0.3, -0.25) is 19.2 Å². The van der Waals surface area contributed by atoms with Crippen molar-refractivity contribution in [3.63, 3.8) is 0 Å². The predicted molar refractivity (Wildman–Crippen MR) is 185 cm³/mol. The zero-order valence-electron chi connectivity index (χ0n) is 24.8. The van der Waals surface area contributed by atoms with Gasteiger partial charge in [-0.25, -0.2) is 0 Å². The number of amides is 4. The van der Waals surface area contributed by atoms with Crippen LogP contribution in [-0.2, 0) is 14.4 Å². The van der Waals surface area contributed by atoms with Crippen LogP contribution in [0.2, 0.25) is 0 Å². The average Bonchev–Trinajstić information content (AvgIpc) is 3.43. The molecule has 0 bridgehead atoms. The van der Waals surface area contributed by atoms with Crippen LogP contribution in [-0.4, -0.2) is 34.7 Å². The third kappa shape index (κ3) is 8.58. The molecule has 3 N–H and O–H groups in total. The number of hydrazone groups is 1. The number of hydrogen-bond acceptors (Lipinski definition) is 6. The van der Waals surface area contributed by atoms with Gasteiger partial charge in [-0.2, -0.15) is 10.1 Å². The molecule has 46 heavy (non-hydrogen) atoms. The van der Waals surface area contributed by atoms with E-state index in [1.807, 2.05) is 61.5 Å². The molecule has 1 aliphatic heterocycles. The second-order valence-electron chi connectivity index (χ2n) is 10.2. The molecule has 5 rings (SSSR count). The third-order valence-corrected chi connectivity index (χ3v) is 8.62. The number of nitrogens with zero attached hydrogens (tertiary/aromatic N) is 2. The van der Waals surface area contributed by atoms with Gasteiger partial charge in [-0.15, -0.1) is 11.8 Å². The number of carbonyl (C=O) groups is 4. The zero-order chi connectivity index (χ0) is 32.5. The Bertz CT molecular complexity index is 1810. The molecular weight excluding hydrogens is 666 g/mol. The highest BCUT2D eigenvalue weighted by molar-refractivity contribution is 9.10. The number of benzene rings is 4.